The summed E-state index contributed by atoms with van der Waals surface area (Å²) in [6.07, 6.45) is 3.56. The van der Waals surface area contributed by atoms with Crippen molar-refractivity contribution in [2.75, 3.05) is 11.8 Å². The van der Waals surface area contributed by atoms with Crippen LogP contribution in [0.15, 0.2) is 52.4 Å². The van der Waals surface area contributed by atoms with Gasteiger partial charge in [0.1, 0.15) is 9.96 Å². The van der Waals surface area contributed by atoms with Crippen LogP contribution in [0, 0.1) is 13.8 Å². The molecule has 3 aromatic heterocycles. The van der Waals surface area contributed by atoms with E-state index in [1.54, 1.807) is 43.8 Å². The van der Waals surface area contributed by atoms with E-state index in [2.05, 4.69) is 14.7 Å². The zero-order chi connectivity index (χ0) is 20.6. The molecule has 0 fully saturated rings. The average Bonchev–Trinajstić information content (AvgIpc) is 3.42. The van der Waals surface area contributed by atoms with E-state index in [9.17, 15) is 8.42 Å². The number of thiazole rings is 1. The second kappa shape index (κ2) is 7.62. The Morgan fingerprint density at radius 3 is 2.66 bits per heavy atom. The van der Waals surface area contributed by atoms with Gasteiger partial charge in [0, 0.05) is 17.6 Å². The van der Waals surface area contributed by atoms with E-state index in [1.165, 1.54) is 22.7 Å². The fourth-order valence-corrected chi connectivity index (χ4v) is 5.80. The van der Waals surface area contributed by atoms with Gasteiger partial charge in [-0.1, -0.05) is 0 Å². The molecule has 3 heterocycles. The number of benzene rings is 1. The Labute approximate surface area is 176 Å². The fourth-order valence-electron chi connectivity index (χ4n) is 2.79. The molecule has 0 amide bonds. The van der Waals surface area contributed by atoms with Gasteiger partial charge in [0.05, 0.1) is 46.1 Å². The van der Waals surface area contributed by atoms with Crippen molar-refractivity contribution in [2.24, 2.45) is 0 Å². The largest absolute Gasteiger partial charge is 0.494 e. The number of hydrogen-bond acceptors (Lipinski definition) is 7. The minimum absolute atomic E-state index is 0.228. The molecule has 0 bridgehead atoms. The van der Waals surface area contributed by atoms with Crippen molar-refractivity contribution in [1.82, 2.24) is 14.5 Å². The molecule has 4 rings (SSSR count). The van der Waals surface area contributed by atoms with Crippen molar-refractivity contribution in [3.05, 3.63) is 58.9 Å². The van der Waals surface area contributed by atoms with Gasteiger partial charge in [0.2, 0.25) is 0 Å². The molecule has 0 aliphatic carbocycles. The number of nitrogens with one attached hydrogen (secondary N) is 1. The predicted octanol–water partition coefficient (Wildman–Crippen LogP) is 4.48. The third-order valence-corrected chi connectivity index (χ3v) is 7.89. The average molecular weight is 447 g/mol. The van der Waals surface area contributed by atoms with Gasteiger partial charge in [-0.05, 0) is 38.1 Å². The number of hydrogen-bond donors (Lipinski definition) is 1. The lowest BCUT2D eigenvalue weighted by Crippen LogP contribution is -2.11. The summed E-state index contributed by atoms with van der Waals surface area (Å²) >= 11 is 2.72. The first-order chi connectivity index (χ1) is 13.9. The first-order valence-electron chi connectivity index (χ1n) is 8.60. The molecule has 0 atom stereocenters. The second-order valence-corrected chi connectivity index (χ2v) is 10.3. The standard InChI is InChI=1S/C19H18N4O3S3/c1-12-9-23(11-20-12)16-5-4-14(8-17(16)26-3)22-29(24,25)19-7-6-18(28-19)15-10-27-13(2)21-15/h4-11,22H,1-3H3. The maximum Gasteiger partial charge on any atom is 0.271 e. The summed E-state index contributed by atoms with van der Waals surface area (Å²) in [5.41, 5.74) is 2.86. The molecule has 0 unspecified atom stereocenters. The number of aromatic nitrogens is 3. The van der Waals surface area contributed by atoms with Crippen LogP contribution in [0.25, 0.3) is 16.3 Å². The first kappa shape index (κ1) is 19.6. The first-order valence-corrected chi connectivity index (χ1v) is 11.8. The number of ether oxygens (including phenoxy) is 1. The molecule has 10 heteroatoms. The van der Waals surface area contributed by atoms with Crippen LogP contribution in [0.4, 0.5) is 5.69 Å². The molecule has 0 aliphatic heterocycles. The minimum Gasteiger partial charge on any atom is -0.494 e. The summed E-state index contributed by atoms with van der Waals surface area (Å²) in [4.78, 5) is 9.44. The van der Waals surface area contributed by atoms with Crippen molar-refractivity contribution in [2.45, 2.75) is 18.1 Å². The summed E-state index contributed by atoms with van der Waals surface area (Å²) in [5, 5.41) is 2.86. The highest BCUT2D eigenvalue weighted by Crippen LogP contribution is 2.33. The molecule has 0 saturated carbocycles. The van der Waals surface area contributed by atoms with Gasteiger partial charge in [0.25, 0.3) is 10.0 Å². The summed E-state index contributed by atoms with van der Waals surface area (Å²) in [6, 6.07) is 8.51. The molecule has 1 N–H and O–H groups in total. The minimum atomic E-state index is -3.72. The lowest BCUT2D eigenvalue weighted by Gasteiger charge is -2.12. The SMILES string of the molecule is COc1cc(NS(=O)(=O)c2ccc(-c3csc(C)n3)s2)ccc1-n1cnc(C)c1. The molecular weight excluding hydrogens is 428 g/mol. The normalized spacial score (nSPS) is 11.6. The fraction of sp³-hybridized carbons (Fsp3) is 0.158. The highest BCUT2D eigenvalue weighted by molar-refractivity contribution is 7.94. The summed E-state index contributed by atoms with van der Waals surface area (Å²) < 4.78 is 35.8. The number of sulfonamides is 1. The van der Waals surface area contributed by atoms with E-state index in [0.717, 1.165) is 27.0 Å². The van der Waals surface area contributed by atoms with Crippen LogP contribution in [0.1, 0.15) is 10.7 Å². The van der Waals surface area contributed by atoms with Crippen molar-refractivity contribution >= 4 is 38.4 Å². The zero-order valence-electron chi connectivity index (χ0n) is 15.9. The van der Waals surface area contributed by atoms with E-state index < -0.39 is 10.0 Å². The summed E-state index contributed by atoms with van der Waals surface area (Å²) in [7, 11) is -2.18. The highest BCUT2D eigenvalue weighted by Gasteiger charge is 2.19. The van der Waals surface area contributed by atoms with Gasteiger partial charge >= 0.3 is 0 Å². The molecule has 1 aromatic carbocycles. The Hall–Kier alpha value is -2.69. The van der Waals surface area contributed by atoms with Gasteiger partial charge < -0.3 is 9.30 Å². The monoisotopic (exact) mass is 446 g/mol. The molecule has 7 nitrogen and oxygen atoms in total. The molecule has 0 saturated heterocycles. The third-order valence-electron chi connectivity index (χ3n) is 4.14. The van der Waals surface area contributed by atoms with Crippen LogP contribution in [-0.2, 0) is 10.0 Å². The summed E-state index contributed by atoms with van der Waals surface area (Å²) in [5.74, 6) is 0.535. The van der Waals surface area contributed by atoms with Crippen LogP contribution in [0.5, 0.6) is 5.75 Å². The van der Waals surface area contributed by atoms with Crippen molar-refractivity contribution < 1.29 is 13.2 Å². The number of aryl methyl sites for hydroxylation is 2. The molecular formula is C19H18N4O3S3. The molecule has 4 aromatic rings. The van der Waals surface area contributed by atoms with E-state index in [1.807, 2.05) is 30.0 Å². The summed E-state index contributed by atoms with van der Waals surface area (Å²) in [6.45, 7) is 3.82. The quantitative estimate of drug-likeness (QED) is 0.472. The Morgan fingerprint density at radius 2 is 2.00 bits per heavy atom. The molecule has 0 aliphatic rings. The van der Waals surface area contributed by atoms with Crippen molar-refractivity contribution in [1.29, 1.82) is 0 Å². The van der Waals surface area contributed by atoms with Gasteiger partial charge in [-0.15, -0.1) is 22.7 Å². The highest BCUT2D eigenvalue weighted by atomic mass is 32.2. The second-order valence-electron chi connectivity index (χ2n) is 6.28. The lowest BCUT2D eigenvalue weighted by atomic mass is 10.2. The van der Waals surface area contributed by atoms with Gasteiger partial charge in [-0.2, -0.15) is 0 Å². The van der Waals surface area contributed by atoms with Gasteiger partial charge in [-0.3, -0.25) is 4.72 Å². The smallest absolute Gasteiger partial charge is 0.271 e. The van der Waals surface area contributed by atoms with Crippen LogP contribution in [-0.4, -0.2) is 30.1 Å². The number of rotatable bonds is 6. The number of anilines is 1. The molecule has 29 heavy (non-hydrogen) atoms. The Kier molecular flexibility index (Phi) is 5.15. The van der Waals surface area contributed by atoms with E-state index in [0.29, 0.717) is 11.4 Å². The number of methoxy groups -OCH3 is 1. The lowest BCUT2D eigenvalue weighted by molar-refractivity contribution is 0.413. The van der Waals surface area contributed by atoms with Crippen LogP contribution >= 0.6 is 22.7 Å². The molecule has 0 spiro atoms. The van der Waals surface area contributed by atoms with E-state index in [-0.39, 0.29) is 4.21 Å². The van der Waals surface area contributed by atoms with Gasteiger partial charge in [0.15, 0.2) is 0 Å². The molecule has 150 valence electrons. The third kappa shape index (κ3) is 4.04. The number of thiophene rings is 1. The topological polar surface area (TPSA) is 86.1 Å². The Balaban J connectivity index is 1.60. The van der Waals surface area contributed by atoms with Crippen LogP contribution < -0.4 is 9.46 Å². The van der Waals surface area contributed by atoms with Crippen molar-refractivity contribution in [3.63, 3.8) is 0 Å². The van der Waals surface area contributed by atoms with Crippen LogP contribution in [0.2, 0.25) is 0 Å². The van der Waals surface area contributed by atoms with Crippen LogP contribution in [0.3, 0.4) is 0 Å². The predicted molar refractivity (Wildman–Crippen MR) is 116 cm³/mol. The van der Waals surface area contributed by atoms with Crippen molar-refractivity contribution in [3.8, 4) is 22.0 Å². The maximum absolute atomic E-state index is 12.8. The Bertz CT molecular complexity index is 1270. The zero-order valence-corrected chi connectivity index (χ0v) is 18.4. The Morgan fingerprint density at radius 1 is 1.17 bits per heavy atom. The van der Waals surface area contributed by atoms with Gasteiger partial charge in [-0.25, -0.2) is 18.4 Å². The van der Waals surface area contributed by atoms with E-state index >= 15 is 0 Å². The number of imidazole rings is 1. The number of nitrogens with zero attached hydrogens (tertiary/aromatic N) is 3. The maximum atomic E-state index is 12.8. The van der Waals surface area contributed by atoms with E-state index in [4.69, 9.17) is 4.74 Å². The molecule has 0 radical (unpaired) electrons.